The summed E-state index contributed by atoms with van der Waals surface area (Å²) in [5, 5.41) is 22.5. The van der Waals surface area contributed by atoms with Gasteiger partial charge in [-0.2, -0.15) is 0 Å². The van der Waals surface area contributed by atoms with E-state index in [1.165, 1.54) is 6.20 Å². The maximum atomic E-state index is 12.9. The molecule has 0 saturated carbocycles. The SMILES string of the molecule is O=C(NCc1cccc(-c2cccc(C3OC(CN4CCCC4CO)CC(c4ccc(CO)cc4)O3)c2)c1)c1cnc2ccccc2n1. The molecule has 2 aliphatic rings. The number of carbonyl (C=O) groups is 1. The number of nitrogens with zero attached hydrogens (tertiary/aromatic N) is 3. The number of benzene rings is 4. The van der Waals surface area contributed by atoms with Crippen LogP contribution in [0.1, 0.15) is 64.4 Å². The Hall–Kier alpha value is -4.51. The maximum Gasteiger partial charge on any atom is 0.271 e. The highest BCUT2D eigenvalue weighted by Crippen LogP contribution is 2.39. The predicted molar refractivity (Wildman–Crippen MR) is 183 cm³/mol. The number of hydrogen-bond acceptors (Lipinski definition) is 8. The number of fused-ring (bicyclic) bond motifs is 1. The summed E-state index contributed by atoms with van der Waals surface area (Å²) in [4.78, 5) is 24.1. The molecule has 4 unspecified atom stereocenters. The highest BCUT2D eigenvalue weighted by Gasteiger charge is 2.35. The molecule has 2 aliphatic heterocycles. The second kappa shape index (κ2) is 14.7. The van der Waals surface area contributed by atoms with E-state index in [1.54, 1.807) is 0 Å². The molecule has 0 bridgehead atoms. The lowest BCUT2D eigenvalue weighted by Crippen LogP contribution is -2.42. The molecule has 7 rings (SSSR count). The third-order valence-electron chi connectivity index (χ3n) is 9.32. The van der Waals surface area contributed by atoms with Crippen LogP contribution in [0.2, 0.25) is 0 Å². The van der Waals surface area contributed by atoms with Gasteiger partial charge < -0.3 is 25.0 Å². The third-order valence-corrected chi connectivity index (χ3v) is 9.32. The Labute approximate surface area is 280 Å². The Kier molecular flexibility index (Phi) is 9.83. The summed E-state index contributed by atoms with van der Waals surface area (Å²) in [6.45, 7) is 2.18. The minimum absolute atomic E-state index is 0.00280. The molecule has 0 aliphatic carbocycles. The third kappa shape index (κ3) is 7.31. The van der Waals surface area contributed by atoms with Crippen molar-refractivity contribution in [1.29, 1.82) is 0 Å². The van der Waals surface area contributed by atoms with E-state index in [4.69, 9.17) is 9.47 Å². The molecule has 246 valence electrons. The lowest BCUT2D eigenvalue weighted by Gasteiger charge is -2.38. The summed E-state index contributed by atoms with van der Waals surface area (Å²) in [5.41, 5.74) is 7.52. The van der Waals surface area contributed by atoms with Crippen molar-refractivity contribution in [1.82, 2.24) is 20.2 Å². The van der Waals surface area contributed by atoms with E-state index in [0.717, 1.165) is 64.8 Å². The monoisotopic (exact) mass is 644 g/mol. The van der Waals surface area contributed by atoms with Crippen LogP contribution < -0.4 is 5.32 Å². The number of para-hydroxylation sites is 2. The molecule has 3 heterocycles. The number of aliphatic hydroxyl groups is 2. The number of amides is 1. The van der Waals surface area contributed by atoms with Crippen LogP contribution in [0.4, 0.5) is 0 Å². The highest BCUT2D eigenvalue weighted by atomic mass is 16.7. The van der Waals surface area contributed by atoms with Gasteiger partial charge in [-0.15, -0.1) is 0 Å². The summed E-state index contributed by atoms with van der Waals surface area (Å²) in [6.07, 6.45) is 3.43. The van der Waals surface area contributed by atoms with Crippen LogP contribution in [-0.2, 0) is 22.6 Å². The number of aliphatic hydroxyl groups excluding tert-OH is 2. The number of nitrogens with one attached hydrogen (secondary N) is 1. The zero-order valence-corrected chi connectivity index (χ0v) is 26.7. The second-order valence-corrected chi connectivity index (χ2v) is 12.6. The number of rotatable bonds is 10. The first-order chi connectivity index (χ1) is 23.6. The van der Waals surface area contributed by atoms with E-state index in [2.05, 4.69) is 44.5 Å². The zero-order valence-electron chi connectivity index (χ0n) is 26.7. The van der Waals surface area contributed by atoms with Crippen LogP contribution in [0.3, 0.4) is 0 Å². The van der Waals surface area contributed by atoms with E-state index in [0.29, 0.717) is 18.5 Å². The van der Waals surface area contributed by atoms with Crippen LogP contribution in [0.15, 0.2) is 103 Å². The minimum atomic E-state index is -0.577. The van der Waals surface area contributed by atoms with Crippen LogP contribution >= 0.6 is 0 Å². The highest BCUT2D eigenvalue weighted by molar-refractivity contribution is 5.93. The first kappa shape index (κ1) is 32.1. The number of aromatic nitrogens is 2. The van der Waals surface area contributed by atoms with Gasteiger partial charge in [0.2, 0.25) is 0 Å². The predicted octanol–water partition coefficient (Wildman–Crippen LogP) is 5.72. The quantitative estimate of drug-likeness (QED) is 0.177. The molecule has 0 spiro atoms. The fourth-order valence-corrected chi connectivity index (χ4v) is 6.70. The van der Waals surface area contributed by atoms with Crippen molar-refractivity contribution in [3.63, 3.8) is 0 Å². The summed E-state index contributed by atoms with van der Waals surface area (Å²) in [6, 6.07) is 31.9. The fraction of sp³-hybridized carbons (Fsp3) is 0.308. The van der Waals surface area contributed by atoms with E-state index in [1.807, 2.05) is 72.8 Å². The molecule has 1 amide bonds. The molecule has 9 nitrogen and oxygen atoms in total. The van der Waals surface area contributed by atoms with Gasteiger partial charge in [0.25, 0.3) is 5.91 Å². The van der Waals surface area contributed by atoms with Gasteiger partial charge in [0.05, 0.1) is 42.7 Å². The van der Waals surface area contributed by atoms with Gasteiger partial charge in [0, 0.05) is 31.1 Å². The largest absolute Gasteiger partial charge is 0.395 e. The lowest BCUT2D eigenvalue weighted by molar-refractivity contribution is -0.253. The standard InChI is InChI=1S/C39H40N4O5/c44-24-26-13-15-28(16-14-26)37-20-33(23-43-17-5-10-32(43)25-45)47-39(48-37)31-9-4-8-30(19-31)29-7-3-6-27(18-29)21-41-38(46)36-22-40-34-11-1-2-12-35(34)42-36/h1-4,6-9,11-16,18-19,22,32-33,37,39,44-45H,5,10,17,20-21,23-25H2,(H,41,46). The van der Waals surface area contributed by atoms with Gasteiger partial charge in [0.1, 0.15) is 5.69 Å². The maximum absolute atomic E-state index is 12.9. The van der Waals surface area contributed by atoms with E-state index >= 15 is 0 Å². The Morgan fingerprint density at radius 2 is 1.65 bits per heavy atom. The van der Waals surface area contributed by atoms with Crippen molar-refractivity contribution in [3.05, 3.63) is 131 Å². The van der Waals surface area contributed by atoms with Crippen LogP contribution in [0.25, 0.3) is 22.2 Å². The van der Waals surface area contributed by atoms with Gasteiger partial charge in [-0.3, -0.25) is 14.7 Å². The molecule has 1 aromatic heterocycles. The van der Waals surface area contributed by atoms with Gasteiger partial charge >= 0.3 is 0 Å². The van der Waals surface area contributed by atoms with Gasteiger partial charge in [-0.05, 0) is 71.5 Å². The second-order valence-electron chi connectivity index (χ2n) is 12.6. The van der Waals surface area contributed by atoms with Crippen LogP contribution in [0.5, 0.6) is 0 Å². The average molecular weight is 645 g/mol. The van der Waals surface area contributed by atoms with Gasteiger partial charge in [-0.25, -0.2) is 4.98 Å². The van der Waals surface area contributed by atoms with Crippen molar-refractivity contribution in [2.24, 2.45) is 0 Å². The molecule has 48 heavy (non-hydrogen) atoms. The Morgan fingerprint density at radius 1 is 0.854 bits per heavy atom. The number of ether oxygens (including phenoxy) is 2. The molecule has 2 fully saturated rings. The molecule has 4 atom stereocenters. The first-order valence-electron chi connectivity index (χ1n) is 16.6. The zero-order chi connectivity index (χ0) is 32.9. The molecule has 4 aromatic carbocycles. The van der Waals surface area contributed by atoms with Crippen molar-refractivity contribution in [3.8, 4) is 11.1 Å². The molecule has 3 N–H and O–H groups in total. The number of hydrogen-bond donors (Lipinski definition) is 3. The van der Waals surface area contributed by atoms with E-state index < -0.39 is 6.29 Å². The van der Waals surface area contributed by atoms with E-state index in [9.17, 15) is 15.0 Å². The van der Waals surface area contributed by atoms with Gasteiger partial charge in [0.15, 0.2) is 6.29 Å². The Balaban J connectivity index is 1.08. The van der Waals surface area contributed by atoms with Crippen molar-refractivity contribution < 1.29 is 24.5 Å². The Bertz CT molecular complexity index is 1870. The molecule has 2 saturated heterocycles. The van der Waals surface area contributed by atoms with Crippen LogP contribution in [0, 0.1) is 0 Å². The topological polar surface area (TPSA) is 117 Å². The normalized spacial score (nSPS) is 21.4. The fourth-order valence-electron chi connectivity index (χ4n) is 6.70. The Morgan fingerprint density at radius 3 is 2.46 bits per heavy atom. The summed E-state index contributed by atoms with van der Waals surface area (Å²) < 4.78 is 13.2. The lowest BCUT2D eigenvalue weighted by atomic mass is 9.98. The van der Waals surface area contributed by atoms with Crippen molar-refractivity contribution >= 4 is 16.9 Å². The average Bonchev–Trinajstić information content (AvgIpc) is 3.60. The van der Waals surface area contributed by atoms with E-state index in [-0.39, 0.29) is 43.1 Å². The summed E-state index contributed by atoms with van der Waals surface area (Å²) in [7, 11) is 0. The van der Waals surface area contributed by atoms with Crippen LogP contribution in [-0.4, -0.2) is 62.8 Å². The first-order valence-corrected chi connectivity index (χ1v) is 16.6. The number of carbonyl (C=O) groups excluding carboxylic acids is 1. The number of likely N-dealkylation sites (tertiary alicyclic amines) is 1. The molecule has 0 radical (unpaired) electrons. The molecular formula is C39H40N4O5. The molecule has 9 heteroatoms. The van der Waals surface area contributed by atoms with Crippen molar-refractivity contribution in [2.45, 2.75) is 57.0 Å². The minimum Gasteiger partial charge on any atom is -0.395 e. The summed E-state index contributed by atoms with van der Waals surface area (Å²) in [5.74, 6) is -0.276. The summed E-state index contributed by atoms with van der Waals surface area (Å²) >= 11 is 0. The molecule has 5 aromatic rings. The smallest absolute Gasteiger partial charge is 0.271 e. The molecular weight excluding hydrogens is 604 g/mol. The van der Waals surface area contributed by atoms with Crippen molar-refractivity contribution in [2.75, 3.05) is 19.7 Å². The van der Waals surface area contributed by atoms with Gasteiger partial charge in [-0.1, -0.05) is 72.8 Å².